The molecule has 0 radical (unpaired) electrons. The summed E-state index contributed by atoms with van der Waals surface area (Å²) in [6, 6.07) is 14.9. The fourth-order valence-electron chi connectivity index (χ4n) is 1.68. The van der Waals surface area contributed by atoms with E-state index in [1.54, 1.807) is 0 Å². The molecule has 0 aliphatic rings. The molecule has 0 aliphatic heterocycles. The molecule has 0 saturated heterocycles. The van der Waals surface area contributed by atoms with E-state index in [1.165, 1.54) is 16.3 Å². The van der Waals surface area contributed by atoms with E-state index >= 15 is 0 Å². The van der Waals surface area contributed by atoms with E-state index < -0.39 is 0 Å². The highest BCUT2D eigenvalue weighted by Gasteiger charge is 1.95. The molecule has 0 unspecified atom stereocenters. The summed E-state index contributed by atoms with van der Waals surface area (Å²) in [6.07, 6.45) is 0. The van der Waals surface area contributed by atoms with Crippen molar-refractivity contribution in [3.05, 3.63) is 48.0 Å². The van der Waals surface area contributed by atoms with Crippen LogP contribution in [0, 0.1) is 0 Å². The van der Waals surface area contributed by atoms with Gasteiger partial charge < -0.3 is 11.1 Å². The van der Waals surface area contributed by atoms with Crippen LogP contribution in [-0.4, -0.2) is 13.1 Å². The number of fused-ring (bicyclic) bond motifs is 1. The molecule has 2 rings (SSSR count). The van der Waals surface area contributed by atoms with Crippen molar-refractivity contribution in [3.63, 3.8) is 0 Å². The van der Waals surface area contributed by atoms with Gasteiger partial charge in [-0.15, -0.1) is 0 Å². The van der Waals surface area contributed by atoms with Crippen LogP contribution in [0.2, 0.25) is 0 Å². The Labute approximate surface area is 90.1 Å². The Kier molecular flexibility index (Phi) is 3.33. The first-order valence-corrected chi connectivity index (χ1v) is 5.28. The quantitative estimate of drug-likeness (QED) is 0.740. The Morgan fingerprint density at radius 2 is 1.80 bits per heavy atom. The number of nitrogens with one attached hydrogen (secondary N) is 1. The second kappa shape index (κ2) is 4.91. The molecule has 0 saturated carbocycles. The Bertz CT molecular complexity index is 437. The topological polar surface area (TPSA) is 38.0 Å². The minimum atomic E-state index is 0.688. The number of nitrogens with two attached hydrogens (primary N) is 1. The number of hydrogen-bond donors (Lipinski definition) is 2. The number of hydrogen-bond acceptors (Lipinski definition) is 2. The summed E-state index contributed by atoms with van der Waals surface area (Å²) in [4.78, 5) is 0. The van der Waals surface area contributed by atoms with E-state index in [-0.39, 0.29) is 0 Å². The van der Waals surface area contributed by atoms with Crippen molar-refractivity contribution in [1.82, 2.24) is 5.32 Å². The first-order valence-electron chi connectivity index (χ1n) is 5.28. The van der Waals surface area contributed by atoms with E-state index in [4.69, 9.17) is 5.73 Å². The molecular weight excluding hydrogens is 184 g/mol. The lowest BCUT2D eigenvalue weighted by Gasteiger charge is -2.04. The van der Waals surface area contributed by atoms with E-state index in [9.17, 15) is 0 Å². The zero-order valence-corrected chi connectivity index (χ0v) is 8.74. The summed E-state index contributed by atoms with van der Waals surface area (Å²) in [5, 5.41) is 5.88. The van der Waals surface area contributed by atoms with Gasteiger partial charge in [0.1, 0.15) is 0 Å². The van der Waals surface area contributed by atoms with Gasteiger partial charge in [0.25, 0.3) is 0 Å². The maximum Gasteiger partial charge on any atom is 0.0206 e. The summed E-state index contributed by atoms with van der Waals surface area (Å²) in [6.45, 7) is 2.45. The van der Waals surface area contributed by atoms with Gasteiger partial charge in [-0.2, -0.15) is 0 Å². The lowest BCUT2D eigenvalue weighted by Crippen LogP contribution is -2.21. The van der Waals surface area contributed by atoms with Gasteiger partial charge in [0.2, 0.25) is 0 Å². The predicted molar refractivity (Wildman–Crippen MR) is 64.7 cm³/mol. The largest absolute Gasteiger partial charge is 0.329 e. The summed E-state index contributed by atoms with van der Waals surface area (Å²) in [7, 11) is 0. The smallest absolute Gasteiger partial charge is 0.0206 e. The highest BCUT2D eigenvalue weighted by Crippen LogP contribution is 2.15. The molecule has 0 atom stereocenters. The molecule has 2 aromatic carbocycles. The van der Waals surface area contributed by atoms with Crippen molar-refractivity contribution in [3.8, 4) is 0 Å². The van der Waals surface area contributed by atoms with Crippen LogP contribution in [0.1, 0.15) is 5.56 Å². The van der Waals surface area contributed by atoms with Crippen molar-refractivity contribution < 1.29 is 0 Å². The standard InChI is InChI=1S/C13H16N2/c14-7-8-15-10-11-5-6-12-3-1-2-4-13(12)9-11/h1-6,9,15H,7-8,10,14H2. The summed E-state index contributed by atoms with van der Waals surface area (Å²) in [5.74, 6) is 0. The minimum Gasteiger partial charge on any atom is -0.329 e. The number of benzene rings is 2. The molecule has 0 aromatic heterocycles. The molecular formula is C13H16N2. The third-order valence-corrected chi connectivity index (χ3v) is 2.46. The fraction of sp³-hybridized carbons (Fsp3) is 0.231. The van der Waals surface area contributed by atoms with Gasteiger partial charge in [-0.25, -0.2) is 0 Å². The van der Waals surface area contributed by atoms with Gasteiger partial charge in [-0.1, -0.05) is 36.4 Å². The highest BCUT2D eigenvalue weighted by atomic mass is 14.9. The Morgan fingerprint density at radius 3 is 2.60 bits per heavy atom. The van der Waals surface area contributed by atoms with Crippen LogP contribution < -0.4 is 11.1 Å². The predicted octanol–water partition coefficient (Wildman–Crippen LogP) is 1.89. The summed E-state index contributed by atoms with van der Waals surface area (Å²) >= 11 is 0. The fourth-order valence-corrected chi connectivity index (χ4v) is 1.68. The lowest BCUT2D eigenvalue weighted by atomic mass is 10.1. The minimum absolute atomic E-state index is 0.688. The van der Waals surface area contributed by atoms with Crippen LogP contribution in [-0.2, 0) is 6.54 Å². The second-order valence-electron chi connectivity index (χ2n) is 3.65. The molecule has 2 nitrogen and oxygen atoms in total. The third kappa shape index (κ3) is 2.55. The Hall–Kier alpha value is -1.38. The SMILES string of the molecule is NCCNCc1ccc2ccccc2c1. The van der Waals surface area contributed by atoms with Crippen LogP contribution in [0.5, 0.6) is 0 Å². The molecule has 78 valence electrons. The highest BCUT2D eigenvalue weighted by molar-refractivity contribution is 5.82. The van der Waals surface area contributed by atoms with Gasteiger partial charge >= 0.3 is 0 Å². The monoisotopic (exact) mass is 200 g/mol. The average Bonchev–Trinajstić information content (AvgIpc) is 2.29. The summed E-state index contributed by atoms with van der Waals surface area (Å²) in [5.41, 5.74) is 6.73. The molecule has 0 heterocycles. The summed E-state index contributed by atoms with van der Waals surface area (Å²) < 4.78 is 0. The average molecular weight is 200 g/mol. The van der Waals surface area contributed by atoms with E-state index in [2.05, 4.69) is 47.8 Å². The zero-order valence-electron chi connectivity index (χ0n) is 8.74. The molecule has 0 bridgehead atoms. The maximum absolute atomic E-state index is 5.42. The van der Waals surface area contributed by atoms with Gasteiger partial charge in [0.15, 0.2) is 0 Å². The van der Waals surface area contributed by atoms with E-state index in [0.717, 1.165) is 13.1 Å². The van der Waals surface area contributed by atoms with E-state index in [0.29, 0.717) is 6.54 Å². The van der Waals surface area contributed by atoms with Crippen molar-refractivity contribution in [1.29, 1.82) is 0 Å². The van der Waals surface area contributed by atoms with Crippen LogP contribution in [0.3, 0.4) is 0 Å². The molecule has 2 heteroatoms. The van der Waals surface area contributed by atoms with Crippen LogP contribution >= 0.6 is 0 Å². The van der Waals surface area contributed by atoms with Crippen molar-refractivity contribution in [2.24, 2.45) is 5.73 Å². The van der Waals surface area contributed by atoms with Gasteiger partial charge in [0.05, 0.1) is 0 Å². The molecule has 0 amide bonds. The third-order valence-electron chi connectivity index (χ3n) is 2.46. The first-order chi connectivity index (χ1) is 7.40. The molecule has 15 heavy (non-hydrogen) atoms. The van der Waals surface area contributed by atoms with Gasteiger partial charge in [-0.3, -0.25) is 0 Å². The molecule has 0 fully saturated rings. The second-order valence-corrected chi connectivity index (χ2v) is 3.65. The van der Waals surface area contributed by atoms with E-state index in [1.807, 2.05) is 0 Å². The zero-order chi connectivity index (χ0) is 10.5. The normalized spacial score (nSPS) is 10.7. The first kappa shape index (κ1) is 10.1. The lowest BCUT2D eigenvalue weighted by molar-refractivity contribution is 0.695. The van der Waals surface area contributed by atoms with Crippen molar-refractivity contribution in [2.45, 2.75) is 6.54 Å². The van der Waals surface area contributed by atoms with Crippen molar-refractivity contribution in [2.75, 3.05) is 13.1 Å². The molecule has 0 spiro atoms. The molecule has 3 N–H and O–H groups in total. The van der Waals surface area contributed by atoms with Crippen LogP contribution in [0.4, 0.5) is 0 Å². The molecule has 2 aromatic rings. The maximum atomic E-state index is 5.42. The van der Waals surface area contributed by atoms with Crippen LogP contribution in [0.15, 0.2) is 42.5 Å². The van der Waals surface area contributed by atoms with Crippen LogP contribution in [0.25, 0.3) is 10.8 Å². The Balaban J connectivity index is 2.16. The Morgan fingerprint density at radius 1 is 1.00 bits per heavy atom. The van der Waals surface area contributed by atoms with Gasteiger partial charge in [0, 0.05) is 19.6 Å². The van der Waals surface area contributed by atoms with Gasteiger partial charge in [-0.05, 0) is 22.4 Å². The van der Waals surface area contributed by atoms with Crippen molar-refractivity contribution >= 4 is 10.8 Å². The number of rotatable bonds is 4. The molecule has 0 aliphatic carbocycles.